The monoisotopic (exact) mass is 482 g/mol. The highest BCUT2D eigenvalue weighted by atomic mass is 79.9. The fourth-order valence-electron chi connectivity index (χ4n) is 3.58. The maximum absolute atomic E-state index is 13.6. The number of halogens is 1. The number of nitrogens with one attached hydrogen (secondary N) is 1. The zero-order chi connectivity index (χ0) is 21.3. The molecule has 0 saturated carbocycles. The van der Waals surface area contributed by atoms with Crippen molar-refractivity contribution in [1.29, 1.82) is 0 Å². The van der Waals surface area contributed by atoms with E-state index in [9.17, 15) is 13.2 Å². The molecule has 4 rings (SSSR count). The van der Waals surface area contributed by atoms with Gasteiger partial charge in [-0.05, 0) is 42.8 Å². The van der Waals surface area contributed by atoms with E-state index in [2.05, 4.69) is 21.2 Å². The summed E-state index contributed by atoms with van der Waals surface area (Å²) in [6.45, 7) is 1.97. The van der Waals surface area contributed by atoms with Gasteiger partial charge in [0.2, 0.25) is 0 Å². The maximum Gasteiger partial charge on any atom is 0.270 e. The SMILES string of the molecule is CCN1c2ccccc2C(c2ccccc2)=C(C(=O)Nc2ccc(Br)cc2)S1(=O)=O. The molecule has 1 amide bonds. The standard InChI is InChI=1S/C23H19BrN2O3S/c1-2-26-20-11-7-6-10-19(20)21(16-8-4-3-5-9-16)22(30(26,28)29)23(27)25-18-14-12-17(24)13-15-18/h3-15H,2H2,1H3,(H,25,27). The number of nitrogens with zero attached hydrogens (tertiary/aromatic N) is 1. The van der Waals surface area contributed by atoms with Crippen molar-refractivity contribution in [2.24, 2.45) is 0 Å². The molecule has 0 radical (unpaired) electrons. The van der Waals surface area contributed by atoms with Gasteiger partial charge in [-0.25, -0.2) is 8.42 Å². The number of rotatable bonds is 4. The summed E-state index contributed by atoms with van der Waals surface area (Å²) in [5.41, 5.74) is 2.87. The van der Waals surface area contributed by atoms with Crippen LogP contribution in [0.25, 0.3) is 5.57 Å². The predicted molar refractivity (Wildman–Crippen MR) is 124 cm³/mol. The molecule has 0 unspecified atom stereocenters. The molecule has 0 aliphatic carbocycles. The van der Waals surface area contributed by atoms with Crippen LogP contribution in [-0.2, 0) is 14.8 Å². The summed E-state index contributed by atoms with van der Waals surface area (Å²) in [7, 11) is -4.06. The zero-order valence-corrected chi connectivity index (χ0v) is 18.6. The van der Waals surface area contributed by atoms with Crippen LogP contribution in [0.15, 0.2) is 88.2 Å². The lowest BCUT2D eigenvalue weighted by Gasteiger charge is -2.32. The van der Waals surface area contributed by atoms with Crippen LogP contribution in [0.3, 0.4) is 0 Å². The zero-order valence-electron chi connectivity index (χ0n) is 16.2. The van der Waals surface area contributed by atoms with Gasteiger partial charge >= 0.3 is 0 Å². The van der Waals surface area contributed by atoms with Gasteiger partial charge in [0, 0.05) is 27.8 Å². The molecule has 1 aliphatic heterocycles. The number of para-hydroxylation sites is 1. The largest absolute Gasteiger partial charge is 0.321 e. The second-order valence-corrected chi connectivity index (χ2v) is 9.43. The van der Waals surface area contributed by atoms with Crippen LogP contribution >= 0.6 is 15.9 Å². The Balaban J connectivity index is 1.97. The highest BCUT2D eigenvalue weighted by Crippen LogP contribution is 2.42. The molecule has 152 valence electrons. The fraction of sp³-hybridized carbons (Fsp3) is 0.0870. The number of sulfonamides is 1. The van der Waals surface area contributed by atoms with E-state index >= 15 is 0 Å². The molecule has 1 aliphatic rings. The smallest absolute Gasteiger partial charge is 0.270 e. The van der Waals surface area contributed by atoms with Gasteiger partial charge in [-0.1, -0.05) is 64.5 Å². The number of benzene rings is 3. The van der Waals surface area contributed by atoms with Gasteiger partial charge in [-0.3, -0.25) is 9.10 Å². The predicted octanol–water partition coefficient (Wildman–Crippen LogP) is 5.02. The van der Waals surface area contributed by atoms with Crippen LogP contribution in [0.2, 0.25) is 0 Å². The minimum absolute atomic E-state index is 0.219. The van der Waals surface area contributed by atoms with E-state index in [-0.39, 0.29) is 11.4 Å². The maximum atomic E-state index is 13.6. The Morgan fingerprint density at radius 1 is 0.933 bits per heavy atom. The molecule has 0 aromatic heterocycles. The van der Waals surface area contributed by atoms with Crippen molar-refractivity contribution in [2.45, 2.75) is 6.92 Å². The lowest BCUT2D eigenvalue weighted by molar-refractivity contribution is -0.112. The molecule has 3 aromatic rings. The Bertz CT molecular complexity index is 1240. The highest BCUT2D eigenvalue weighted by Gasteiger charge is 2.40. The summed E-state index contributed by atoms with van der Waals surface area (Å²) in [4.78, 5) is 13.1. The average molecular weight is 483 g/mol. The Morgan fingerprint density at radius 2 is 1.57 bits per heavy atom. The summed E-state index contributed by atoms with van der Waals surface area (Å²) < 4.78 is 29.3. The molecule has 3 aromatic carbocycles. The number of carbonyl (C=O) groups is 1. The Labute approximate surface area is 184 Å². The molecule has 5 nitrogen and oxygen atoms in total. The van der Waals surface area contributed by atoms with E-state index in [0.717, 1.165) is 4.47 Å². The van der Waals surface area contributed by atoms with Crippen LogP contribution in [0.1, 0.15) is 18.1 Å². The first-order valence-electron chi connectivity index (χ1n) is 9.42. The van der Waals surface area contributed by atoms with Gasteiger partial charge in [0.05, 0.1) is 5.69 Å². The van der Waals surface area contributed by atoms with Crippen molar-refractivity contribution in [3.63, 3.8) is 0 Å². The van der Waals surface area contributed by atoms with Gasteiger partial charge in [0.1, 0.15) is 0 Å². The van der Waals surface area contributed by atoms with E-state index in [1.807, 2.05) is 42.5 Å². The molecule has 30 heavy (non-hydrogen) atoms. The van der Waals surface area contributed by atoms with Gasteiger partial charge in [0.25, 0.3) is 15.9 Å². The third-order valence-electron chi connectivity index (χ3n) is 4.88. The molecule has 0 bridgehead atoms. The lowest BCUT2D eigenvalue weighted by Crippen LogP contribution is -2.39. The average Bonchev–Trinajstić information content (AvgIpc) is 2.74. The second kappa shape index (κ2) is 8.08. The summed E-state index contributed by atoms with van der Waals surface area (Å²) in [6, 6.07) is 23.4. The number of hydrogen-bond donors (Lipinski definition) is 1. The minimum Gasteiger partial charge on any atom is -0.321 e. The van der Waals surface area contributed by atoms with Gasteiger partial charge in [-0.15, -0.1) is 0 Å². The number of amides is 1. The molecule has 0 atom stereocenters. The van der Waals surface area contributed by atoms with Crippen LogP contribution in [0.5, 0.6) is 0 Å². The fourth-order valence-corrected chi connectivity index (χ4v) is 5.59. The van der Waals surface area contributed by atoms with Crippen molar-refractivity contribution >= 4 is 48.8 Å². The van der Waals surface area contributed by atoms with E-state index in [4.69, 9.17) is 0 Å². The number of anilines is 2. The molecule has 1 N–H and O–H groups in total. The summed E-state index contributed by atoms with van der Waals surface area (Å²) in [5, 5.41) is 2.75. The third kappa shape index (κ3) is 3.55. The van der Waals surface area contributed by atoms with Crippen molar-refractivity contribution in [1.82, 2.24) is 0 Å². The topological polar surface area (TPSA) is 66.5 Å². The molecule has 0 saturated heterocycles. The van der Waals surface area contributed by atoms with E-state index in [1.54, 1.807) is 43.3 Å². The first kappa shape index (κ1) is 20.4. The van der Waals surface area contributed by atoms with Gasteiger partial charge in [0.15, 0.2) is 4.91 Å². The van der Waals surface area contributed by atoms with E-state index in [1.165, 1.54) is 4.31 Å². The van der Waals surface area contributed by atoms with Crippen LogP contribution < -0.4 is 9.62 Å². The Kier molecular flexibility index (Phi) is 5.49. The summed E-state index contributed by atoms with van der Waals surface area (Å²) in [6.07, 6.45) is 0. The molecular formula is C23H19BrN2O3S. The summed E-state index contributed by atoms with van der Waals surface area (Å²) in [5.74, 6) is -0.663. The molecule has 0 fully saturated rings. The lowest BCUT2D eigenvalue weighted by atomic mass is 9.95. The highest BCUT2D eigenvalue weighted by molar-refractivity contribution is 9.10. The van der Waals surface area contributed by atoms with Crippen LogP contribution in [-0.4, -0.2) is 20.9 Å². The van der Waals surface area contributed by atoms with Crippen LogP contribution in [0, 0.1) is 0 Å². The van der Waals surface area contributed by atoms with Crippen molar-refractivity contribution in [2.75, 3.05) is 16.2 Å². The Hall–Kier alpha value is -2.90. The van der Waals surface area contributed by atoms with Gasteiger partial charge in [-0.2, -0.15) is 0 Å². The third-order valence-corrected chi connectivity index (χ3v) is 7.34. The Morgan fingerprint density at radius 3 is 2.23 bits per heavy atom. The number of fused-ring (bicyclic) bond motifs is 1. The van der Waals surface area contributed by atoms with E-state index < -0.39 is 15.9 Å². The van der Waals surface area contributed by atoms with Gasteiger partial charge < -0.3 is 5.32 Å². The quantitative estimate of drug-likeness (QED) is 0.567. The number of carbonyl (C=O) groups excluding carboxylic acids is 1. The van der Waals surface area contributed by atoms with Crippen molar-refractivity contribution < 1.29 is 13.2 Å². The minimum atomic E-state index is -4.06. The molecule has 1 heterocycles. The first-order chi connectivity index (χ1) is 14.4. The second-order valence-electron chi connectivity index (χ2n) is 6.72. The molecule has 7 heteroatoms. The summed E-state index contributed by atoms with van der Waals surface area (Å²) >= 11 is 3.36. The van der Waals surface area contributed by atoms with Crippen molar-refractivity contribution in [3.8, 4) is 0 Å². The van der Waals surface area contributed by atoms with E-state index in [0.29, 0.717) is 28.1 Å². The normalized spacial score (nSPS) is 14.9. The first-order valence-corrected chi connectivity index (χ1v) is 11.7. The van der Waals surface area contributed by atoms with Crippen LogP contribution in [0.4, 0.5) is 11.4 Å². The number of hydrogen-bond acceptors (Lipinski definition) is 3. The van der Waals surface area contributed by atoms with Crippen molar-refractivity contribution in [3.05, 3.63) is 99.4 Å². The molecule has 0 spiro atoms. The molecular weight excluding hydrogens is 464 g/mol.